The first kappa shape index (κ1) is 13.8. The Hall–Kier alpha value is -0.290. The van der Waals surface area contributed by atoms with Crippen molar-refractivity contribution in [3.8, 4) is 0 Å². The normalized spacial score (nSPS) is 12.6. The fourth-order valence-electron chi connectivity index (χ4n) is 1.26. The molecule has 3 nitrogen and oxygen atoms in total. The van der Waals surface area contributed by atoms with Crippen LogP contribution >= 0.6 is 27.5 Å². The summed E-state index contributed by atoms with van der Waals surface area (Å²) in [6.07, 6.45) is -0.531. The molecule has 0 amide bonds. The number of benzene rings is 1. The van der Waals surface area contributed by atoms with Gasteiger partial charge in [0.25, 0.3) is 0 Å². The molecule has 90 valence electrons. The van der Waals surface area contributed by atoms with Gasteiger partial charge in [0, 0.05) is 23.1 Å². The Bertz CT molecular complexity index is 360. The molecule has 0 aliphatic carbocycles. The van der Waals surface area contributed by atoms with Crippen molar-refractivity contribution < 1.29 is 9.84 Å². The van der Waals surface area contributed by atoms with Gasteiger partial charge >= 0.3 is 0 Å². The summed E-state index contributed by atoms with van der Waals surface area (Å²) in [5.41, 5.74) is 1.88. The van der Waals surface area contributed by atoms with E-state index in [1.807, 2.05) is 19.1 Å². The smallest absolute Gasteiger partial charge is 0.0945 e. The van der Waals surface area contributed by atoms with Crippen molar-refractivity contribution in [2.75, 3.05) is 25.6 Å². The van der Waals surface area contributed by atoms with Gasteiger partial charge in [-0.05, 0) is 40.5 Å². The molecule has 1 rings (SSSR count). The van der Waals surface area contributed by atoms with E-state index >= 15 is 0 Å². The van der Waals surface area contributed by atoms with Gasteiger partial charge in [-0.25, -0.2) is 0 Å². The highest BCUT2D eigenvalue weighted by Gasteiger charge is 2.07. The highest BCUT2D eigenvalue weighted by Crippen LogP contribution is 2.28. The summed E-state index contributed by atoms with van der Waals surface area (Å²) >= 11 is 9.45. The molecule has 1 aromatic rings. The van der Waals surface area contributed by atoms with E-state index in [9.17, 15) is 5.11 Å². The number of anilines is 1. The van der Waals surface area contributed by atoms with Crippen molar-refractivity contribution in [2.24, 2.45) is 0 Å². The topological polar surface area (TPSA) is 41.5 Å². The van der Waals surface area contributed by atoms with E-state index in [2.05, 4.69) is 21.2 Å². The molecule has 1 unspecified atom stereocenters. The Balaban J connectivity index is 2.63. The van der Waals surface area contributed by atoms with Crippen LogP contribution < -0.4 is 5.32 Å². The van der Waals surface area contributed by atoms with Crippen molar-refractivity contribution in [3.05, 3.63) is 27.2 Å². The molecule has 0 saturated heterocycles. The molecule has 1 aromatic carbocycles. The molecule has 0 saturated carbocycles. The second kappa shape index (κ2) is 6.45. The molecule has 0 fully saturated rings. The zero-order valence-electron chi connectivity index (χ0n) is 9.26. The molecular weight excluding hydrogens is 293 g/mol. The van der Waals surface area contributed by atoms with Gasteiger partial charge in [-0.3, -0.25) is 0 Å². The predicted octanol–water partition coefficient (Wildman–Crippen LogP) is 2.83. The van der Waals surface area contributed by atoms with E-state index in [4.69, 9.17) is 16.3 Å². The lowest BCUT2D eigenvalue weighted by molar-refractivity contribution is 0.0727. The summed E-state index contributed by atoms with van der Waals surface area (Å²) < 4.78 is 5.77. The van der Waals surface area contributed by atoms with Crippen LogP contribution in [0.3, 0.4) is 0 Å². The lowest BCUT2D eigenvalue weighted by Crippen LogP contribution is -2.24. The van der Waals surface area contributed by atoms with Crippen LogP contribution in [0, 0.1) is 6.92 Å². The van der Waals surface area contributed by atoms with Crippen LogP contribution in [0.15, 0.2) is 16.6 Å². The number of hydrogen-bond acceptors (Lipinski definition) is 3. The summed E-state index contributed by atoms with van der Waals surface area (Å²) in [5.74, 6) is 0. The number of ether oxygens (including phenoxy) is 1. The molecule has 0 aromatic heterocycles. The Morgan fingerprint density at radius 1 is 1.56 bits per heavy atom. The summed E-state index contributed by atoms with van der Waals surface area (Å²) in [4.78, 5) is 0. The zero-order valence-corrected chi connectivity index (χ0v) is 11.6. The van der Waals surface area contributed by atoms with Crippen molar-refractivity contribution >= 4 is 33.2 Å². The van der Waals surface area contributed by atoms with E-state index < -0.39 is 6.10 Å². The van der Waals surface area contributed by atoms with E-state index in [0.717, 1.165) is 15.7 Å². The maximum absolute atomic E-state index is 9.49. The Morgan fingerprint density at radius 3 is 2.88 bits per heavy atom. The number of rotatable bonds is 5. The minimum absolute atomic E-state index is 0.310. The number of hydrogen-bond donors (Lipinski definition) is 2. The SMILES string of the molecule is COCC(O)CNc1cc(Cl)c(C)cc1Br. The second-order valence-electron chi connectivity index (χ2n) is 3.57. The minimum atomic E-state index is -0.531. The molecule has 0 heterocycles. The quantitative estimate of drug-likeness (QED) is 0.879. The lowest BCUT2D eigenvalue weighted by atomic mass is 10.2. The molecule has 0 radical (unpaired) electrons. The minimum Gasteiger partial charge on any atom is -0.389 e. The van der Waals surface area contributed by atoms with E-state index in [1.54, 1.807) is 7.11 Å². The number of methoxy groups -OCH3 is 1. The first-order valence-electron chi connectivity index (χ1n) is 4.91. The first-order valence-corrected chi connectivity index (χ1v) is 6.08. The maximum atomic E-state index is 9.49. The van der Waals surface area contributed by atoms with E-state index in [0.29, 0.717) is 18.2 Å². The van der Waals surface area contributed by atoms with Crippen molar-refractivity contribution in [2.45, 2.75) is 13.0 Å². The zero-order chi connectivity index (χ0) is 12.1. The number of aryl methyl sites for hydroxylation is 1. The van der Waals surface area contributed by atoms with Gasteiger partial charge in [0.15, 0.2) is 0 Å². The van der Waals surface area contributed by atoms with Crippen LogP contribution in [0.4, 0.5) is 5.69 Å². The number of aliphatic hydroxyl groups is 1. The van der Waals surface area contributed by atoms with Crippen LogP contribution in [0.25, 0.3) is 0 Å². The highest BCUT2D eigenvalue weighted by molar-refractivity contribution is 9.10. The Labute approximate surface area is 109 Å². The molecule has 5 heteroatoms. The third-order valence-corrected chi connectivity index (χ3v) is 3.20. The number of halogens is 2. The van der Waals surface area contributed by atoms with Gasteiger partial charge < -0.3 is 15.2 Å². The third kappa shape index (κ3) is 3.94. The van der Waals surface area contributed by atoms with E-state index in [-0.39, 0.29) is 0 Å². The first-order chi connectivity index (χ1) is 7.54. The van der Waals surface area contributed by atoms with Crippen LogP contribution in [-0.4, -0.2) is 31.5 Å². The highest BCUT2D eigenvalue weighted by atomic mass is 79.9. The van der Waals surface area contributed by atoms with E-state index in [1.165, 1.54) is 0 Å². The lowest BCUT2D eigenvalue weighted by Gasteiger charge is -2.14. The summed E-state index contributed by atoms with van der Waals surface area (Å²) in [7, 11) is 1.56. The summed E-state index contributed by atoms with van der Waals surface area (Å²) in [5, 5.41) is 13.3. The fraction of sp³-hybridized carbons (Fsp3) is 0.455. The van der Waals surface area contributed by atoms with Gasteiger partial charge in [0.05, 0.1) is 18.4 Å². The largest absolute Gasteiger partial charge is 0.389 e. The van der Waals surface area contributed by atoms with Crippen molar-refractivity contribution in [3.63, 3.8) is 0 Å². The number of aliphatic hydroxyl groups excluding tert-OH is 1. The second-order valence-corrected chi connectivity index (χ2v) is 4.83. The molecule has 1 atom stereocenters. The number of nitrogens with one attached hydrogen (secondary N) is 1. The third-order valence-electron chi connectivity index (χ3n) is 2.14. The van der Waals surface area contributed by atoms with Crippen LogP contribution in [0.5, 0.6) is 0 Å². The maximum Gasteiger partial charge on any atom is 0.0945 e. The fourth-order valence-corrected chi connectivity index (χ4v) is 2.02. The summed E-state index contributed by atoms with van der Waals surface area (Å²) in [6, 6.07) is 3.77. The van der Waals surface area contributed by atoms with Gasteiger partial charge in [0.2, 0.25) is 0 Å². The van der Waals surface area contributed by atoms with Crippen molar-refractivity contribution in [1.29, 1.82) is 0 Å². The molecule has 16 heavy (non-hydrogen) atoms. The van der Waals surface area contributed by atoms with Gasteiger partial charge in [0.1, 0.15) is 0 Å². The van der Waals surface area contributed by atoms with Gasteiger partial charge in [-0.15, -0.1) is 0 Å². The van der Waals surface area contributed by atoms with Gasteiger partial charge in [-0.2, -0.15) is 0 Å². The van der Waals surface area contributed by atoms with Crippen LogP contribution in [-0.2, 0) is 4.74 Å². The average molecular weight is 309 g/mol. The molecule has 0 bridgehead atoms. The molecular formula is C11H15BrClNO2. The Morgan fingerprint density at radius 2 is 2.25 bits per heavy atom. The molecule has 0 aliphatic heterocycles. The monoisotopic (exact) mass is 307 g/mol. The van der Waals surface area contributed by atoms with Crippen LogP contribution in [0.1, 0.15) is 5.56 Å². The van der Waals surface area contributed by atoms with Gasteiger partial charge in [-0.1, -0.05) is 11.6 Å². The van der Waals surface area contributed by atoms with Crippen LogP contribution in [0.2, 0.25) is 5.02 Å². The van der Waals surface area contributed by atoms with Crippen molar-refractivity contribution in [1.82, 2.24) is 0 Å². The molecule has 2 N–H and O–H groups in total. The summed E-state index contributed by atoms with van der Waals surface area (Å²) in [6.45, 7) is 2.67. The standard InChI is InChI=1S/C11H15BrClNO2/c1-7-3-9(12)11(4-10(7)13)14-5-8(15)6-16-2/h3-4,8,14-15H,5-6H2,1-2H3. The molecule has 0 aliphatic rings. The predicted molar refractivity (Wildman–Crippen MR) is 70.3 cm³/mol. The average Bonchev–Trinajstić information content (AvgIpc) is 2.22. The Kier molecular flexibility index (Phi) is 5.55. The molecule has 0 spiro atoms.